The molecule has 4 heterocycles. The molecule has 2 aliphatic carbocycles. The van der Waals surface area contributed by atoms with Crippen LogP contribution >= 0.6 is 0 Å². The van der Waals surface area contributed by atoms with Crippen molar-refractivity contribution in [3.05, 3.63) is 156 Å². The van der Waals surface area contributed by atoms with E-state index in [9.17, 15) is 5.26 Å². The fourth-order valence-corrected chi connectivity index (χ4v) is 9.16. The summed E-state index contributed by atoms with van der Waals surface area (Å²) < 4.78 is 17.9. The molecule has 5 heteroatoms. The van der Waals surface area contributed by atoms with E-state index >= 15 is 0 Å². The number of rotatable bonds is 3. The number of hydrogen-bond donors (Lipinski definition) is 0. The van der Waals surface area contributed by atoms with Crippen molar-refractivity contribution in [3.63, 3.8) is 0 Å². The Hall–Kier alpha value is -7.47. The Morgan fingerprint density at radius 1 is 0.618 bits per heavy atom. The lowest BCUT2D eigenvalue weighted by molar-refractivity contribution is 0.672. The average Bonchev–Trinajstić information content (AvgIpc) is 3.93. The van der Waals surface area contributed by atoms with Gasteiger partial charge in [-0.05, 0) is 91.1 Å². The molecule has 5 nitrogen and oxygen atoms in total. The SMILES string of the molecule is N#Cc1ccc(-n2c3c(c4c5oc6ccccc6c5ccc42)C=CCC#C3)c(C2=C(n3c4ccccc4c4c5oc6ccccc6c5ccc43)C=CCC2)c1. The molecule has 0 spiro atoms. The smallest absolute Gasteiger partial charge is 0.145 e. The number of hydrogen-bond acceptors (Lipinski definition) is 3. The lowest BCUT2D eigenvalue weighted by Crippen LogP contribution is -2.07. The van der Waals surface area contributed by atoms with Crippen LogP contribution in [-0.4, -0.2) is 9.13 Å². The Balaban J connectivity index is 1.19. The molecule has 10 aromatic rings. The highest BCUT2D eigenvalue weighted by atomic mass is 16.3. The fraction of sp³-hybridized carbons (Fsp3) is 0.0600. The Labute approximate surface area is 314 Å². The lowest BCUT2D eigenvalue weighted by Gasteiger charge is -2.23. The van der Waals surface area contributed by atoms with E-state index in [0.29, 0.717) is 12.0 Å². The number of para-hydroxylation sites is 3. The van der Waals surface area contributed by atoms with Crippen molar-refractivity contribution in [3.8, 4) is 23.6 Å². The van der Waals surface area contributed by atoms with Gasteiger partial charge in [0, 0.05) is 50.2 Å². The van der Waals surface area contributed by atoms with Gasteiger partial charge in [-0.2, -0.15) is 5.26 Å². The molecule has 55 heavy (non-hydrogen) atoms. The topological polar surface area (TPSA) is 59.9 Å². The van der Waals surface area contributed by atoms with Gasteiger partial charge in [-0.25, -0.2) is 0 Å². The summed E-state index contributed by atoms with van der Waals surface area (Å²) in [7, 11) is 0. The molecule has 6 aromatic carbocycles. The van der Waals surface area contributed by atoms with Crippen LogP contribution in [0.1, 0.15) is 41.6 Å². The minimum absolute atomic E-state index is 0.611. The summed E-state index contributed by atoms with van der Waals surface area (Å²) in [5.74, 6) is 6.94. The largest absolute Gasteiger partial charge is 0.455 e. The second kappa shape index (κ2) is 11.3. The van der Waals surface area contributed by atoms with Crippen LogP contribution in [0.5, 0.6) is 0 Å². The minimum Gasteiger partial charge on any atom is -0.455 e. The minimum atomic E-state index is 0.611. The van der Waals surface area contributed by atoms with Crippen LogP contribution < -0.4 is 0 Å². The third-order valence-corrected chi connectivity index (χ3v) is 11.5. The number of aromatic nitrogens is 2. The first kappa shape index (κ1) is 30.0. The number of allylic oxidation sites excluding steroid dienone is 5. The molecule has 0 bridgehead atoms. The van der Waals surface area contributed by atoms with Gasteiger partial charge in [0.15, 0.2) is 0 Å². The third kappa shape index (κ3) is 4.13. The molecular formula is C50H29N3O2. The summed E-state index contributed by atoms with van der Waals surface area (Å²) in [6.07, 6.45) is 11.2. The average molecular weight is 704 g/mol. The maximum absolute atomic E-state index is 10.3. The first-order chi connectivity index (χ1) is 27.3. The Bertz CT molecular complexity index is 3540. The first-order valence-electron chi connectivity index (χ1n) is 18.7. The highest BCUT2D eigenvalue weighted by Gasteiger charge is 2.27. The molecule has 0 atom stereocenters. The summed E-state index contributed by atoms with van der Waals surface area (Å²) in [6.45, 7) is 0. The molecule has 0 saturated carbocycles. The van der Waals surface area contributed by atoms with Gasteiger partial charge in [-0.1, -0.05) is 78.7 Å². The van der Waals surface area contributed by atoms with E-state index in [0.717, 1.165) is 118 Å². The van der Waals surface area contributed by atoms with Crippen molar-refractivity contribution in [2.24, 2.45) is 0 Å². The van der Waals surface area contributed by atoms with Gasteiger partial charge in [-0.15, -0.1) is 0 Å². The fourth-order valence-electron chi connectivity index (χ4n) is 9.16. The summed E-state index contributed by atoms with van der Waals surface area (Å²) in [5.41, 5.74) is 13.5. The highest BCUT2D eigenvalue weighted by Crippen LogP contribution is 2.46. The monoisotopic (exact) mass is 703 g/mol. The second-order valence-electron chi connectivity index (χ2n) is 14.4. The van der Waals surface area contributed by atoms with Gasteiger partial charge in [0.2, 0.25) is 0 Å². The van der Waals surface area contributed by atoms with Crippen LogP contribution in [0, 0.1) is 23.2 Å². The maximum atomic E-state index is 10.3. The molecule has 256 valence electrons. The van der Waals surface area contributed by atoms with E-state index in [1.54, 1.807) is 0 Å². The van der Waals surface area contributed by atoms with Crippen LogP contribution in [0.2, 0.25) is 0 Å². The van der Waals surface area contributed by atoms with E-state index in [1.165, 1.54) is 5.57 Å². The van der Waals surface area contributed by atoms with E-state index in [2.05, 4.69) is 136 Å². The number of fused-ring (bicyclic) bond motifs is 14. The van der Waals surface area contributed by atoms with Crippen molar-refractivity contribution < 1.29 is 8.83 Å². The van der Waals surface area contributed by atoms with E-state index in [4.69, 9.17) is 8.83 Å². The zero-order valence-electron chi connectivity index (χ0n) is 29.6. The van der Waals surface area contributed by atoms with Crippen LogP contribution in [0.15, 0.2) is 142 Å². The van der Waals surface area contributed by atoms with Gasteiger partial charge < -0.3 is 18.0 Å². The summed E-state index contributed by atoms with van der Waals surface area (Å²) in [6, 6.07) is 42.4. The van der Waals surface area contributed by atoms with Gasteiger partial charge >= 0.3 is 0 Å². The van der Waals surface area contributed by atoms with Crippen LogP contribution in [0.25, 0.3) is 99.6 Å². The molecule has 4 aromatic heterocycles. The van der Waals surface area contributed by atoms with E-state index in [-0.39, 0.29) is 0 Å². The number of nitriles is 1. The van der Waals surface area contributed by atoms with E-state index < -0.39 is 0 Å². The van der Waals surface area contributed by atoms with Crippen LogP contribution in [0.4, 0.5) is 0 Å². The van der Waals surface area contributed by atoms with Gasteiger partial charge in [-0.3, -0.25) is 0 Å². The number of furan rings is 2. The Morgan fingerprint density at radius 3 is 2.07 bits per heavy atom. The molecule has 2 aliphatic rings. The molecule has 0 unspecified atom stereocenters. The van der Waals surface area contributed by atoms with Crippen molar-refractivity contribution >= 4 is 93.9 Å². The van der Waals surface area contributed by atoms with Gasteiger partial charge in [0.25, 0.3) is 0 Å². The molecule has 0 fully saturated rings. The summed E-state index contributed by atoms with van der Waals surface area (Å²) in [5, 5.41) is 18.0. The molecule has 0 radical (unpaired) electrons. The molecule has 0 saturated heterocycles. The van der Waals surface area contributed by atoms with Crippen molar-refractivity contribution in [2.45, 2.75) is 19.3 Å². The first-order valence-corrected chi connectivity index (χ1v) is 18.7. The maximum Gasteiger partial charge on any atom is 0.145 e. The Morgan fingerprint density at radius 2 is 1.31 bits per heavy atom. The summed E-state index contributed by atoms with van der Waals surface area (Å²) in [4.78, 5) is 0. The third-order valence-electron chi connectivity index (χ3n) is 11.5. The van der Waals surface area contributed by atoms with Crippen LogP contribution in [-0.2, 0) is 0 Å². The number of nitrogens with zero attached hydrogens (tertiary/aromatic N) is 3. The molecular weight excluding hydrogens is 675 g/mol. The normalized spacial score (nSPS) is 14.1. The number of benzene rings is 6. The van der Waals surface area contributed by atoms with E-state index in [1.807, 2.05) is 30.3 Å². The Kier molecular flexibility index (Phi) is 6.15. The zero-order chi connectivity index (χ0) is 36.2. The quantitative estimate of drug-likeness (QED) is 0.172. The lowest BCUT2D eigenvalue weighted by atomic mass is 9.92. The van der Waals surface area contributed by atoms with Gasteiger partial charge in [0.05, 0.1) is 44.6 Å². The van der Waals surface area contributed by atoms with Crippen molar-refractivity contribution in [2.75, 3.05) is 0 Å². The zero-order valence-corrected chi connectivity index (χ0v) is 29.6. The highest BCUT2D eigenvalue weighted by molar-refractivity contribution is 6.25. The predicted molar refractivity (Wildman–Crippen MR) is 224 cm³/mol. The molecule has 0 amide bonds. The predicted octanol–water partition coefficient (Wildman–Crippen LogP) is 12.9. The van der Waals surface area contributed by atoms with Crippen molar-refractivity contribution in [1.82, 2.24) is 9.13 Å². The van der Waals surface area contributed by atoms with Crippen molar-refractivity contribution in [1.29, 1.82) is 5.26 Å². The molecule has 12 rings (SSSR count). The second-order valence-corrected chi connectivity index (χ2v) is 14.4. The van der Waals surface area contributed by atoms with Crippen LogP contribution in [0.3, 0.4) is 0 Å². The molecule has 0 N–H and O–H groups in total. The summed E-state index contributed by atoms with van der Waals surface area (Å²) >= 11 is 0. The van der Waals surface area contributed by atoms with Gasteiger partial charge in [0.1, 0.15) is 28.0 Å². The standard InChI is InChI=1S/C50H29N3O2/c51-29-30-22-25-42(53-40-17-3-1-2-15-36(40)47-44(53)27-24-35-33-14-7-10-20-45(33)54-49(35)47)38(28-30)31-12-4-8-18-39(31)52-41-19-9-5-16-37(41)48-43(52)26-23-34-32-13-6-11-21-46(32)55-50(34)48/h2,5-11,13-16,18-28H,1,4,12H2. The molecule has 0 aliphatic heterocycles.